The number of ether oxygens (including phenoxy) is 2. The van der Waals surface area contributed by atoms with Crippen LogP contribution in [0.2, 0.25) is 0 Å². The van der Waals surface area contributed by atoms with Crippen LogP contribution in [0.3, 0.4) is 0 Å². The summed E-state index contributed by atoms with van der Waals surface area (Å²) >= 11 is 0. The number of aromatic nitrogens is 4. The van der Waals surface area contributed by atoms with Crippen LogP contribution in [0.5, 0.6) is 0 Å². The number of amides is 4. The van der Waals surface area contributed by atoms with Gasteiger partial charge < -0.3 is 39.9 Å². The fraction of sp³-hybridized carbons (Fsp3) is 0.535. The molecule has 0 spiro atoms. The molecule has 2 aromatic heterocycles. The van der Waals surface area contributed by atoms with Gasteiger partial charge in [-0.2, -0.15) is 0 Å². The highest BCUT2D eigenvalue weighted by Gasteiger charge is 2.45. The van der Waals surface area contributed by atoms with Gasteiger partial charge in [0.15, 0.2) is 0 Å². The van der Waals surface area contributed by atoms with Crippen molar-refractivity contribution >= 4 is 35.0 Å². The minimum Gasteiger partial charge on any atom is -0.453 e. The van der Waals surface area contributed by atoms with E-state index in [0.29, 0.717) is 13.1 Å². The van der Waals surface area contributed by atoms with Crippen LogP contribution in [0.15, 0.2) is 36.5 Å². The predicted molar refractivity (Wildman–Crippen MR) is 217 cm³/mol. The molecule has 15 nitrogen and oxygen atoms in total. The van der Waals surface area contributed by atoms with Gasteiger partial charge in [-0.25, -0.2) is 19.6 Å². The molecule has 15 heteroatoms. The van der Waals surface area contributed by atoms with Crippen molar-refractivity contribution in [1.82, 2.24) is 45.3 Å². The molecule has 4 aromatic rings. The number of alkyl carbamates (subject to hydrolysis) is 2. The van der Waals surface area contributed by atoms with E-state index in [1.807, 2.05) is 43.7 Å². The van der Waals surface area contributed by atoms with Crippen LogP contribution in [-0.4, -0.2) is 105 Å². The number of hydrogen-bond donors (Lipinski definition) is 4. The van der Waals surface area contributed by atoms with E-state index < -0.39 is 24.3 Å². The van der Waals surface area contributed by atoms with Gasteiger partial charge in [0, 0.05) is 30.7 Å². The normalized spacial score (nSPS) is 22.5. The number of likely N-dealkylation sites (tertiary alicyclic amines) is 2. The average Bonchev–Trinajstić information content (AvgIpc) is 4.08. The lowest BCUT2D eigenvalue weighted by molar-refractivity contribution is -0.136. The highest BCUT2D eigenvalue weighted by atomic mass is 16.5. The summed E-state index contributed by atoms with van der Waals surface area (Å²) in [6.07, 6.45) is 6.07. The van der Waals surface area contributed by atoms with Crippen LogP contribution < -0.4 is 10.6 Å². The first-order valence-electron chi connectivity index (χ1n) is 20.6. The Bertz CT molecular complexity index is 2230. The smallest absolute Gasteiger partial charge is 0.407 e. The van der Waals surface area contributed by atoms with Crippen molar-refractivity contribution in [3.63, 3.8) is 0 Å². The zero-order valence-corrected chi connectivity index (χ0v) is 34.4. The highest BCUT2D eigenvalue weighted by Crippen LogP contribution is 2.57. The van der Waals surface area contributed by atoms with Crippen LogP contribution in [0.25, 0.3) is 33.4 Å². The Kier molecular flexibility index (Phi) is 10.7. The quantitative estimate of drug-likeness (QED) is 0.139. The molecular weight excluding hydrogens is 739 g/mol. The van der Waals surface area contributed by atoms with Crippen LogP contribution in [0.1, 0.15) is 113 Å². The standard InChI is InChI=1S/C43H55N9O6/c1-22(2)36(48-42(55)57-6)40(53)51-18-8-10-32(51)38-44-21-29(47-38)26-14-13-25(34-30-16-17-31(35(26)34)50(30)5)24-12-15-27-28(20-24)46-39(45-27)33-11-9-19-52(33)41(54)37(23(3)4)49-43(56)58-7/h12-15,20-23,30-33,36-37H,8-11,16-19H2,1-7H3,(H,44,47)(H,45,46)(H,48,55)(H,49,56)/t30?,31?,32?,33-,36-,37-/m0/s1. The summed E-state index contributed by atoms with van der Waals surface area (Å²) in [7, 11) is 4.82. The first-order chi connectivity index (χ1) is 27.9. The first kappa shape index (κ1) is 39.4. The summed E-state index contributed by atoms with van der Waals surface area (Å²) in [6, 6.07) is 9.51. The molecule has 58 heavy (non-hydrogen) atoms. The van der Waals surface area contributed by atoms with Crippen LogP contribution in [0.4, 0.5) is 9.59 Å². The molecule has 3 unspecified atom stereocenters. The van der Waals surface area contributed by atoms with Crippen molar-refractivity contribution in [1.29, 1.82) is 0 Å². The van der Waals surface area contributed by atoms with Gasteiger partial charge >= 0.3 is 12.2 Å². The molecular formula is C43H55N9O6. The summed E-state index contributed by atoms with van der Waals surface area (Å²) in [5.74, 6) is 1.00. The number of carbonyl (C=O) groups is 4. The number of methoxy groups -OCH3 is 2. The van der Waals surface area contributed by atoms with E-state index in [1.54, 1.807) is 0 Å². The molecule has 8 rings (SSSR count). The number of fused-ring (bicyclic) bond motifs is 6. The molecule has 2 aromatic carbocycles. The van der Waals surface area contributed by atoms with Crippen molar-refractivity contribution in [3.05, 3.63) is 59.3 Å². The lowest BCUT2D eigenvalue weighted by Crippen LogP contribution is -2.51. The van der Waals surface area contributed by atoms with Gasteiger partial charge in [-0.3, -0.25) is 14.5 Å². The van der Waals surface area contributed by atoms with Crippen molar-refractivity contribution in [2.45, 2.75) is 102 Å². The van der Waals surface area contributed by atoms with E-state index in [9.17, 15) is 19.2 Å². The molecule has 2 bridgehead atoms. The number of H-pyrrole nitrogens is 2. The van der Waals surface area contributed by atoms with E-state index in [-0.39, 0.29) is 47.8 Å². The monoisotopic (exact) mass is 793 g/mol. The highest BCUT2D eigenvalue weighted by molar-refractivity contribution is 5.88. The molecule has 0 radical (unpaired) electrons. The molecule has 4 aliphatic rings. The second-order valence-corrected chi connectivity index (χ2v) is 16.9. The van der Waals surface area contributed by atoms with E-state index in [4.69, 9.17) is 19.4 Å². The maximum Gasteiger partial charge on any atom is 0.407 e. The number of imidazole rings is 2. The number of nitrogens with zero attached hydrogens (tertiary/aromatic N) is 5. The average molecular weight is 794 g/mol. The maximum absolute atomic E-state index is 13.8. The Labute approximate surface area is 338 Å². The SMILES string of the molecule is COC(=O)N[C@H](C(=O)N1CCCC1c1ncc(-c2ccc(-c3ccc4nc([C@@H]5CCCN5C(=O)[C@@H](NC(=O)OC)C(C)C)[nH]c4c3)c3c2C2CCC3N2C)[nH]1)C(C)C. The van der Waals surface area contributed by atoms with Gasteiger partial charge in [0.1, 0.15) is 23.7 Å². The number of hydrogen-bond acceptors (Lipinski definition) is 9. The van der Waals surface area contributed by atoms with E-state index in [1.165, 1.54) is 30.9 Å². The minimum absolute atomic E-state index is 0.112. The maximum atomic E-state index is 13.8. The summed E-state index contributed by atoms with van der Waals surface area (Å²) in [5, 5.41) is 5.46. The Morgan fingerprint density at radius 3 is 1.84 bits per heavy atom. The largest absolute Gasteiger partial charge is 0.453 e. The topological polar surface area (TPSA) is 178 Å². The molecule has 6 atom stereocenters. The second-order valence-electron chi connectivity index (χ2n) is 16.9. The third kappa shape index (κ3) is 6.86. The number of carbonyl (C=O) groups excluding carboxylic acids is 4. The van der Waals surface area contributed by atoms with Crippen molar-refractivity contribution < 1.29 is 28.7 Å². The van der Waals surface area contributed by atoms with E-state index >= 15 is 0 Å². The second kappa shape index (κ2) is 15.7. The Morgan fingerprint density at radius 1 is 0.724 bits per heavy atom. The number of rotatable bonds is 10. The molecule has 0 aliphatic carbocycles. The van der Waals surface area contributed by atoms with Crippen LogP contribution >= 0.6 is 0 Å². The molecule has 3 saturated heterocycles. The molecule has 308 valence electrons. The zero-order valence-electron chi connectivity index (χ0n) is 34.4. The van der Waals surface area contributed by atoms with Gasteiger partial charge in [0.05, 0.1) is 49.2 Å². The van der Waals surface area contributed by atoms with Gasteiger partial charge in [0.2, 0.25) is 11.8 Å². The third-order valence-electron chi connectivity index (χ3n) is 12.8. The van der Waals surface area contributed by atoms with Gasteiger partial charge in [-0.1, -0.05) is 45.9 Å². The zero-order chi connectivity index (χ0) is 41.0. The van der Waals surface area contributed by atoms with E-state index in [2.05, 4.69) is 62.9 Å². The molecule has 0 saturated carbocycles. The molecule has 6 heterocycles. The molecule has 3 fully saturated rings. The molecule has 4 amide bonds. The Hall–Kier alpha value is -5.44. The minimum atomic E-state index is -0.697. The van der Waals surface area contributed by atoms with Crippen LogP contribution in [-0.2, 0) is 19.1 Å². The predicted octanol–water partition coefficient (Wildman–Crippen LogP) is 6.53. The molecule has 4 aliphatic heterocycles. The lowest BCUT2D eigenvalue weighted by Gasteiger charge is -2.30. The van der Waals surface area contributed by atoms with Crippen molar-refractivity contribution in [3.8, 4) is 22.4 Å². The summed E-state index contributed by atoms with van der Waals surface area (Å²) in [4.78, 5) is 75.0. The fourth-order valence-electron chi connectivity index (χ4n) is 9.86. The molecule has 4 N–H and O–H groups in total. The summed E-state index contributed by atoms with van der Waals surface area (Å²) < 4.78 is 9.62. The lowest BCUT2D eigenvalue weighted by atomic mass is 9.82. The number of benzene rings is 2. The number of aromatic amines is 2. The van der Waals surface area contributed by atoms with Gasteiger partial charge in [-0.05, 0) is 91.8 Å². The Morgan fingerprint density at radius 2 is 1.28 bits per heavy atom. The van der Waals surface area contributed by atoms with E-state index in [0.717, 1.165) is 78.0 Å². The summed E-state index contributed by atoms with van der Waals surface area (Å²) in [5.41, 5.74) is 8.73. The Balaban J connectivity index is 1.08. The van der Waals surface area contributed by atoms with Gasteiger partial charge in [0.25, 0.3) is 0 Å². The summed E-state index contributed by atoms with van der Waals surface area (Å²) in [6.45, 7) is 8.84. The van der Waals surface area contributed by atoms with Gasteiger partial charge in [-0.15, -0.1) is 0 Å². The first-order valence-corrected chi connectivity index (χ1v) is 20.6. The number of nitrogens with one attached hydrogen (secondary N) is 4. The van der Waals surface area contributed by atoms with Crippen molar-refractivity contribution in [2.75, 3.05) is 34.4 Å². The fourth-order valence-corrected chi connectivity index (χ4v) is 9.86. The third-order valence-corrected chi connectivity index (χ3v) is 12.8. The van der Waals surface area contributed by atoms with Crippen molar-refractivity contribution in [2.24, 2.45) is 11.8 Å². The van der Waals surface area contributed by atoms with Crippen LogP contribution in [0, 0.1) is 11.8 Å².